The number of furan rings is 1. The minimum Gasteiger partial charge on any atom is -0.465 e. The van der Waals surface area contributed by atoms with Crippen molar-refractivity contribution in [2.45, 2.75) is 25.3 Å². The van der Waals surface area contributed by atoms with Crippen LogP contribution < -0.4 is 0 Å². The van der Waals surface area contributed by atoms with Gasteiger partial charge < -0.3 is 14.6 Å². The zero-order valence-electron chi connectivity index (χ0n) is 11.1. The Labute approximate surface area is 113 Å². The third-order valence-electron chi connectivity index (χ3n) is 2.76. The molecule has 0 fully saturated rings. The van der Waals surface area contributed by atoms with Crippen LogP contribution in [0.1, 0.15) is 17.1 Å². The number of hydrogen-bond acceptors (Lipinski definition) is 5. The summed E-state index contributed by atoms with van der Waals surface area (Å²) in [7, 11) is -3.83. The molecule has 0 spiro atoms. The van der Waals surface area contributed by atoms with Gasteiger partial charge in [0.2, 0.25) is 10.0 Å². The smallest absolute Gasteiger partial charge is 0.247 e. The Morgan fingerprint density at radius 3 is 2.42 bits per heavy atom. The molecule has 0 bridgehead atoms. The minimum atomic E-state index is -3.83. The second-order valence-electron chi connectivity index (χ2n) is 4.06. The molecule has 0 atom stereocenters. The Morgan fingerprint density at radius 1 is 1.32 bits per heavy atom. The molecule has 0 unspecified atom stereocenters. The number of rotatable bonds is 7. The first-order valence-corrected chi connectivity index (χ1v) is 7.25. The van der Waals surface area contributed by atoms with Crippen molar-refractivity contribution < 1.29 is 23.0 Å². The van der Waals surface area contributed by atoms with Gasteiger partial charge in [-0.05, 0) is 13.8 Å². The van der Waals surface area contributed by atoms with Crippen LogP contribution in [0.2, 0.25) is 0 Å². The average Bonchev–Trinajstić information content (AvgIpc) is 2.63. The second-order valence-corrected chi connectivity index (χ2v) is 5.93. The van der Waals surface area contributed by atoms with Crippen LogP contribution in [0.4, 0.5) is 0 Å². The van der Waals surface area contributed by atoms with Crippen LogP contribution in [0.5, 0.6) is 0 Å². The third kappa shape index (κ3) is 3.06. The van der Waals surface area contributed by atoms with E-state index >= 15 is 0 Å². The number of aliphatic hydroxyl groups excluding tert-OH is 2. The van der Waals surface area contributed by atoms with Gasteiger partial charge in [-0.3, -0.25) is 0 Å². The molecule has 2 N–H and O–H groups in total. The van der Waals surface area contributed by atoms with Crippen molar-refractivity contribution in [3.63, 3.8) is 0 Å². The topological polar surface area (TPSA) is 91.0 Å². The van der Waals surface area contributed by atoms with Gasteiger partial charge >= 0.3 is 0 Å². The Morgan fingerprint density at radius 2 is 1.95 bits per heavy atom. The first-order valence-electron chi connectivity index (χ1n) is 5.81. The van der Waals surface area contributed by atoms with Crippen LogP contribution in [0.25, 0.3) is 0 Å². The van der Waals surface area contributed by atoms with E-state index in [9.17, 15) is 13.5 Å². The molecular weight excluding hydrogens is 270 g/mol. The quantitative estimate of drug-likeness (QED) is 0.716. The normalized spacial score (nSPS) is 12.1. The number of aryl methyl sites for hydroxylation is 2. The van der Waals surface area contributed by atoms with E-state index < -0.39 is 16.6 Å². The summed E-state index contributed by atoms with van der Waals surface area (Å²) in [6.45, 7) is 5.96. The molecule has 19 heavy (non-hydrogen) atoms. The van der Waals surface area contributed by atoms with Gasteiger partial charge in [0.25, 0.3) is 0 Å². The van der Waals surface area contributed by atoms with E-state index in [-0.39, 0.29) is 35.9 Å². The van der Waals surface area contributed by atoms with Crippen molar-refractivity contribution in [2.75, 3.05) is 19.7 Å². The lowest BCUT2D eigenvalue weighted by molar-refractivity contribution is 0.259. The summed E-state index contributed by atoms with van der Waals surface area (Å²) in [5.41, 5.74) is 0.254. The molecule has 1 heterocycles. The maximum atomic E-state index is 12.5. The van der Waals surface area contributed by atoms with E-state index in [2.05, 4.69) is 6.58 Å². The summed E-state index contributed by atoms with van der Waals surface area (Å²) < 4.78 is 31.4. The third-order valence-corrected chi connectivity index (χ3v) is 4.82. The van der Waals surface area contributed by atoms with Crippen LogP contribution in [0.3, 0.4) is 0 Å². The molecule has 0 saturated carbocycles. The van der Waals surface area contributed by atoms with Gasteiger partial charge in [0, 0.05) is 18.7 Å². The van der Waals surface area contributed by atoms with Gasteiger partial charge in [-0.15, -0.1) is 6.58 Å². The average molecular weight is 289 g/mol. The highest BCUT2D eigenvalue weighted by atomic mass is 32.2. The fraction of sp³-hybridized carbons (Fsp3) is 0.500. The summed E-state index contributed by atoms with van der Waals surface area (Å²) in [5.74, 6) is 0.606. The van der Waals surface area contributed by atoms with Gasteiger partial charge in [0.05, 0.1) is 13.2 Å². The number of nitrogens with zero attached hydrogens (tertiary/aromatic N) is 1. The largest absolute Gasteiger partial charge is 0.465 e. The molecule has 0 aliphatic carbocycles. The zero-order valence-corrected chi connectivity index (χ0v) is 11.9. The lowest BCUT2D eigenvalue weighted by atomic mass is 10.2. The van der Waals surface area contributed by atoms with Crippen molar-refractivity contribution in [3.05, 3.63) is 29.7 Å². The summed E-state index contributed by atoms with van der Waals surface area (Å²) in [6.07, 6.45) is 1.44. The highest BCUT2D eigenvalue weighted by Crippen LogP contribution is 2.29. The number of hydrogen-bond donors (Lipinski definition) is 2. The highest BCUT2D eigenvalue weighted by Gasteiger charge is 2.31. The van der Waals surface area contributed by atoms with Crippen LogP contribution in [0.15, 0.2) is 22.0 Å². The van der Waals surface area contributed by atoms with E-state index in [0.29, 0.717) is 5.76 Å². The second kappa shape index (κ2) is 6.33. The standard InChI is InChI=1S/C12H19NO5S/c1-4-5-13(6-7-14)19(16,17)12-10(3)18-9(2)11(12)8-15/h4,14-15H,1,5-8H2,2-3H3. The van der Waals surface area contributed by atoms with Gasteiger partial charge in [-0.1, -0.05) is 6.08 Å². The monoisotopic (exact) mass is 289 g/mol. The SMILES string of the molecule is C=CCN(CCO)S(=O)(=O)c1c(C)oc(C)c1CO. The molecule has 1 aromatic heterocycles. The number of aliphatic hydroxyl groups is 2. The Balaban J connectivity index is 3.36. The summed E-state index contributed by atoms with van der Waals surface area (Å²) in [6, 6.07) is 0. The molecule has 0 saturated heterocycles. The van der Waals surface area contributed by atoms with Crippen molar-refractivity contribution in [1.29, 1.82) is 0 Å². The van der Waals surface area contributed by atoms with Gasteiger partial charge in [0.15, 0.2) is 0 Å². The predicted octanol–water partition coefficient (Wildman–Crippen LogP) is 0.558. The van der Waals surface area contributed by atoms with Gasteiger partial charge in [0.1, 0.15) is 16.4 Å². The molecule has 1 rings (SSSR count). The van der Waals surface area contributed by atoms with Gasteiger partial charge in [-0.25, -0.2) is 8.42 Å². The molecule has 0 amide bonds. The lowest BCUT2D eigenvalue weighted by Crippen LogP contribution is -2.34. The van der Waals surface area contributed by atoms with Crippen molar-refractivity contribution in [3.8, 4) is 0 Å². The fourth-order valence-electron chi connectivity index (χ4n) is 1.92. The maximum absolute atomic E-state index is 12.5. The molecule has 0 aliphatic heterocycles. The first-order chi connectivity index (χ1) is 8.89. The molecule has 0 aromatic carbocycles. The van der Waals surface area contributed by atoms with E-state index in [4.69, 9.17) is 9.52 Å². The molecule has 7 heteroatoms. The fourth-order valence-corrected chi connectivity index (χ4v) is 3.73. The Kier molecular flexibility index (Phi) is 5.30. The predicted molar refractivity (Wildman–Crippen MR) is 70.1 cm³/mol. The zero-order chi connectivity index (χ0) is 14.6. The minimum absolute atomic E-state index is 0.0252. The lowest BCUT2D eigenvalue weighted by Gasteiger charge is -2.19. The van der Waals surface area contributed by atoms with Gasteiger partial charge in [-0.2, -0.15) is 4.31 Å². The molecular formula is C12H19NO5S. The summed E-state index contributed by atoms with van der Waals surface area (Å²) >= 11 is 0. The van der Waals surface area contributed by atoms with Crippen molar-refractivity contribution >= 4 is 10.0 Å². The Bertz CT molecular complexity index is 547. The Hall–Kier alpha value is -1.15. The van der Waals surface area contributed by atoms with Crippen LogP contribution in [0, 0.1) is 13.8 Å². The molecule has 0 aliphatic rings. The van der Waals surface area contributed by atoms with E-state index in [1.807, 2.05) is 0 Å². The first kappa shape index (κ1) is 15.9. The van der Waals surface area contributed by atoms with E-state index in [1.165, 1.54) is 13.0 Å². The summed E-state index contributed by atoms with van der Waals surface area (Å²) in [5, 5.41) is 18.3. The van der Waals surface area contributed by atoms with Crippen LogP contribution in [-0.2, 0) is 16.6 Å². The maximum Gasteiger partial charge on any atom is 0.247 e. The van der Waals surface area contributed by atoms with E-state index in [1.54, 1.807) is 6.92 Å². The van der Waals surface area contributed by atoms with Crippen molar-refractivity contribution in [2.24, 2.45) is 0 Å². The molecule has 0 radical (unpaired) electrons. The molecule has 108 valence electrons. The van der Waals surface area contributed by atoms with Crippen LogP contribution in [-0.4, -0.2) is 42.6 Å². The van der Waals surface area contributed by atoms with Crippen molar-refractivity contribution in [1.82, 2.24) is 4.31 Å². The molecule has 6 nitrogen and oxygen atoms in total. The number of sulfonamides is 1. The highest BCUT2D eigenvalue weighted by molar-refractivity contribution is 7.89. The van der Waals surface area contributed by atoms with E-state index in [0.717, 1.165) is 4.31 Å². The molecule has 1 aromatic rings. The summed E-state index contributed by atoms with van der Waals surface area (Å²) in [4.78, 5) is -0.0252. The van der Waals surface area contributed by atoms with Crippen LogP contribution >= 0.6 is 0 Å².